The number of primary sulfonamides is 1. The zero-order valence-corrected chi connectivity index (χ0v) is 34.5. The number of halogens is 2. The minimum Gasteiger partial charge on any atom is -0.307 e. The molecule has 284 valence electrons. The molecule has 4 aromatic rings. The molecule has 54 heavy (non-hydrogen) atoms. The van der Waals surface area contributed by atoms with Crippen molar-refractivity contribution in [2.24, 2.45) is 10.1 Å². The number of fused-ring (bicyclic) bond motifs is 4. The molecule has 0 saturated carbocycles. The molecule has 0 aliphatic heterocycles. The molecule has 14 heteroatoms. The van der Waals surface area contributed by atoms with E-state index >= 15 is 0 Å². The van der Waals surface area contributed by atoms with Gasteiger partial charge in [-0.15, -0.1) is 0 Å². The van der Waals surface area contributed by atoms with E-state index in [1.807, 2.05) is 12.1 Å². The average Bonchev–Trinajstić information content (AvgIpc) is 3.94. The van der Waals surface area contributed by atoms with E-state index in [-0.39, 0.29) is 11.5 Å². The molecule has 0 atom stereocenters. The summed E-state index contributed by atoms with van der Waals surface area (Å²) in [5.74, 6) is -0.388. The Bertz CT molecular complexity index is 2300. The predicted molar refractivity (Wildman–Crippen MR) is 219 cm³/mol. The molecular formula is C40H42Br2N4O6S2. The van der Waals surface area contributed by atoms with Crippen molar-refractivity contribution in [3.8, 4) is 0 Å². The molecule has 0 saturated heterocycles. The highest BCUT2D eigenvalue weighted by Crippen LogP contribution is 2.40. The molecular weight excluding hydrogens is 856 g/mol. The van der Waals surface area contributed by atoms with E-state index in [0.717, 1.165) is 80.1 Å². The summed E-state index contributed by atoms with van der Waals surface area (Å²) in [6.07, 6.45) is 14.7. The van der Waals surface area contributed by atoms with Crippen molar-refractivity contribution in [2.45, 2.75) is 88.6 Å². The average molecular weight is 899 g/mol. The SMILES string of the molecule is NS(=O)(=O)Cc1ccccc1Br.O=C(Nc1c2c(cc3c1CCC3)CCC2)NS(=O)(=O)Cc1ccccc1Br.O=C=Nc1c2c(cc3c1CCC3)CCC2. The molecule has 0 radical (unpaired) electrons. The second-order valence-electron chi connectivity index (χ2n) is 14.0. The lowest BCUT2D eigenvalue weighted by Gasteiger charge is -2.16. The van der Waals surface area contributed by atoms with Crippen LogP contribution in [0.15, 0.2) is 74.6 Å². The van der Waals surface area contributed by atoms with Gasteiger partial charge in [-0.05, 0) is 145 Å². The first kappa shape index (κ1) is 40.0. The van der Waals surface area contributed by atoms with Gasteiger partial charge in [0.05, 0.1) is 17.2 Å². The number of nitrogens with one attached hydrogen (secondary N) is 2. The number of sulfonamides is 2. The minimum absolute atomic E-state index is 0.131. The van der Waals surface area contributed by atoms with Crippen LogP contribution in [-0.4, -0.2) is 28.9 Å². The molecule has 10 nitrogen and oxygen atoms in total. The van der Waals surface area contributed by atoms with Crippen LogP contribution in [0.1, 0.15) is 81.3 Å². The van der Waals surface area contributed by atoms with Crippen LogP contribution < -0.4 is 15.2 Å². The zero-order valence-electron chi connectivity index (χ0n) is 29.7. The topological polar surface area (TPSA) is 165 Å². The lowest BCUT2D eigenvalue weighted by Crippen LogP contribution is -2.35. The van der Waals surface area contributed by atoms with Crippen LogP contribution in [0.2, 0.25) is 0 Å². The van der Waals surface area contributed by atoms with E-state index in [2.05, 4.69) is 59.0 Å². The van der Waals surface area contributed by atoms with Crippen LogP contribution in [0, 0.1) is 0 Å². The van der Waals surface area contributed by atoms with Gasteiger partial charge in [0.25, 0.3) is 0 Å². The molecule has 4 aliphatic rings. The Morgan fingerprint density at radius 3 is 1.54 bits per heavy atom. The number of benzene rings is 4. The van der Waals surface area contributed by atoms with Gasteiger partial charge in [0.2, 0.25) is 26.1 Å². The van der Waals surface area contributed by atoms with E-state index in [1.54, 1.807) is 42.5 Å². The summed E-state index contributed by atoms with van der Waals surface area (Å²) in [7, 11) is -7.23. The van der Waals surface area contributed by atoms with Crippen molar-refractivity contribution in [1.82, 2.24) is 4.72 Å². The zero-order chi connectivity index (χ0) is 38.5. The number of anilines is 1. The first-order valence-electron chi connectivity index (χ1n) is 18.0. The summed E-state index contributed by atoms with van der Waals surface area (Å²) >= 11 is 6.57. The predicted octanol–water partition coefficient (Wildman–Crippen LogP) is 7.95. The van der Waals surface area contributed by atoms with Gasteiger partial charge in [-0.25, -0.2) is 36.3 Å². The first-order valence-corrected chi connectivity index (χ1v) is 23.0. The molecule has 4 aromatic carbocycles. The molecule has 0 fully saturated rings. The molecule has 8 rings (SSSR count). The highest BCUT2D eigenvalue weighted by Gasteiger charge is 2.27. The molecule has 0 bridgehead atoms. The van der Waals surface area contributed by atoms with Gasteiger partial charge in [-0.3, -0.25) is 0 Å². The number of nitrogens with two attached hydrogens (primary N) is 1. The fraction of sp³-hybridized carbons (Fsp3) is 0.350. The van der Waals surface area contributed by atoms with Gasteiger partial charge in [-0.1, -0.05) is 80.4 Å². The van der Waals surface area contributed by atoms with Crippen LogP contribution in [0.4, 0.5) is 16.2 Å². The van der Waals surface area contributed by atoms with Crippen molar-refractivity contribution >= 4 is 75.4 Å². The van der Waals surface area contributed by atoms with E-state index in [9.17, 15) is 26.4 Å². The van der Waals surface area contributed by atoms with Crippen LogP contribution in [0.3, 0.4) is 0 Å². The van der Waals surface area contributed by atoms with Crippen molar-refractivity contribution < 1.29 is 26.4 Å². The number of urea groups is 1. The number of hydrogen-bond acceptors (Lipinski definition) is 7. The molecule has 4 N–H and O–H groups in total. The van der Waals surface area contributed by atoms with Gasteiger partial charge in [-0.2, -0.15) is 4.99 Å². The highest BCUT2D eigenvalue weighted by atomic mass is 79.9. The maximum absolute atomic E-state index is 12.5. The Morgan fingerprint density at radius 2 is 1.09 bits per heavy atom. The molecule has 0 heterocycles. The summed E-state index contributed by atoms with van der Waals surface area (Å²) in [5, 5.41) is 7.75. The third kappa shape index (κ3) is 9.96. The monoisotopic (exact) mass is 896 g/mol. The van der Waals surface area contributed by atoms with Gasteiger partial charge in [0.1, 0.15) is 0 Å². The van der Waals surface area contributed by atoms with Crippen molar-refractivity contribution in [1.29, 1.82) is 0 Å². The maximum atomic E-state index is 12.5. The fourth-order valence-corrected chi connectivity index (χ4v) is 10.9. The third-order valence-corrected chi connectivity index (χ3v) is 13.6. The van der Waals surface area contributed by atoms with Crippen molar-refractivity contribution in [3.05, 3.63) is 125 Å². The summed E-state index contributed by atoms with van der Waals surface area (Å²) in [5.41, 5.74) is 13.5. The van der Waals surface area contributed by atoms with Crippen LogP contribution in [0.25, 0.3) is 0 Å². The summed E-state index contributed by atoms with van der Waals surface area (Å²) in [6, 6.07) is 18.1. The Labute approximate surface area is 333 Å². The third-order valence-electron chi connectivity index (χ3n) is 10.2. The lowest BCUT2D eigenvalue weighted by atomic mass is 9.99. The number of nitrogens with zero attached hydrogens (tertiary/aromatic N) is 1. The van der Waals surface area contributed by atoms with Crippen LogP contribution in [-0.2, 0) is 87.7 Å². The molecule has 0 unspecified atom stereocenters. The smallest absolute Gasteiger partial charge is 0.307 e. The number of carbonyl (C=O) groups is 1. The lowest BCUT2D eigenvalue weighted by molar-refractivity contribution is 0.256. The number of carbonyl (C=O) groups excluding carboxylic acids is 2. The number of rotatable bonds is 7. The number of aryl methyl sites for hydroxylation is 4. The minimum atomic E-state index is -3.80. The number of aliphatic imine (C=N–C) groups is 1. The number of isocyanates is 1. The second kappa shape index (κ2) is 17.4. The highest BCUT2D eigenvalue weighted by molar-refractivity contribution is 9.10. The van der Waals surface area contributed by atoms with Crippen molar-refractivity contribution in [2.75, 3.05) is 5.32 Å². The molecule has 2 amide bonds. The summed E-state index contributed by atoms with van der Waals surface area (Å²) < 4.78 is 49.9. The standard InChI is InChI=1S/C20H21BrN2O3S.C13H13NO.C7H8BrNO2S/c21-18-10-2-1-5-15(18)12-27(25,26)23-20(24)22-19-16-8-3-6-13(16)11-14-7-4-9-17(14)19;15-8-14-13-11-5-1-3-9(11)7-10-4-2-6-12(10)13;8-7-4-2-1-3-6(7)5-12(9,10)11/h1-2,5,10-11H,3-4,6-9,12H2,(H2,22,23,24);7H,1-6H2;1-4H,5H2,(H2,9,10,11). The normalized spacial score (nSPS) is 14.9. The second-order valence-corrected chi connectivity index (χ2v) is 19.0. The Morgan fingerprint density at radius 1 is 0.667 bits per heavy atom. The molecule has 4 aliphatic carbocycles. The van der Waals surface area contributed by atoms with Gasteiger partial charge in [0, 0.05) is 14.6 Å². The van der Waals surface area contributed by atoms with Crippen molar-refractivity contribution in [3.63, 3.8) is 0 Å². The summed E-state index contributed by atoms with van der Waals surface area (Å²) in [4.78, 5) is 26.9. The van der Waals surface area contributed by atoms with E-state index < -0.39 is 26.1 Å². The Hall–Kier alpha value is -3.65. The maximum Gasteiger partial charge on any atom is 0.332 e. The van der Waals surface area contributed by atoms with Gasteiger partial charge < -0.3 is 5.32 Å². The fourth-order valence-electron chi connectivity index (χ4n) is 7.90. The van der Waals surface area contributed by atoms with Crippen LogP contribution >= 0.6 is 31.9 Å². The summed E-state index contributed by atoms with van der Waals surface area (Å²) in [6.45, 7) is 0. The number of amides is 2. The van der Waals surface area contributed by atoms with Gasteiger partial charge in [0.15, 0.2) is 0 Å². The quantitative estimate of drug-likeness (QED) is 0.126. The van der Waals surface area contributed by atoms with E-state index in [4.69, 9.17) is 5.14 Å². The molecule has 0 aromatic heterocycles. The number of hydrogen-bond donors (Lipinski definition) is 3. The van der Waals surface area contributed by atoms with Gasteiger partial charge >= 0.3 is 6.03 Å². The van der Waals surface area contributed by atoms with E-state index in [1.165, 1.54) is 57.3 Å². The first-order chi connectivity index (χ1) is 25.8. The Kier molecular flexibility index (Phi) is 12.9. The Balaban J connectivity index is 0.000000154. The van der Waals surface area contributed by atoms with Crippen LogP contribution in [0.5, 0.6) is 0 Å². The largest absolute Gasteiger partial charge is 0.332 e. The molecule has 0 spiro atoms. The van der Waals surface area contributed by atoms with E-state index in [0.29, 0.717) is 15.6 Å².